The van der Waals surface area contributed by atoms with Crippen LogP contribution in [0.5, 0.6) is 0 Å². The van der Waals surface area contributed by atoms with Crippen molar-refractivity contribution in [2.75, 3.05) is 45.9 Å². The molecule has 5 nitrogen and oxygen atoms in total. The van der Waals surface area contributed by atoms with Crippen LogP contribution in [-0.2, 0) is 4.74 Å². The molecule has 1 aliphatic heterocycles. The minimum Gasteiger partial charge on any atom is -0.379 e. The summed E-state index contributed by atoms with van der Waals surface area (Å²) in [4.78, 5) is 6.88. The van der Waals surface area contributed by atoms with Gasteiger partial charge < -0.3 is 15.8 Å². The van der Waals surface area contributed by atoms with E-state index < -0.39 is 0 Å². The van der Waals surface area contributed by atoms with Gasteiger partial charge in [0.05, 0.1) is 13.2 Å². The average Bonchev–Trinajstić information content (AvgIpc) is 2.46. The highest BCUT2D eigenvalue weighted by Gasteiger charge is 2.13. The minimum absolute atomic E-state index is 0.536. The molecule has 0 aromatic rings. The van der Waals surface area contributed by atoms with Crippen molar-refractivity contribution in [3.63, 3.8) is 0 Å². The van der Waals surface area contributed by atoms with Crippen molar-refractivity contribution in [2.45, 2.75) is 39.5 Å². The van der Waals surface area contributed by atoms with Gasteiger partial charge in [0.1, 0.15) is 0 Å². The van der Waals surface area contributed by atoms with E-state index in [1.165, 1.54) is 25.7 Å². The van der Waals surface area contributed by atoms with E-state index in [1.807, 2.05) is 0 Å². The second-order valence-corrected chi connectivity index (χ2v) is 5.73. The summed E-state index contributed by atoms with van der Waals surface area (Å²) < 4.78 is 5.35. The molecule has 3 N–H and O–H groups in total. The number of rotatable bonds is 9. The Kier molecular flexibility index (Phi) is 9.41. The van der Waals surface area contributed by atoms with Crippen LogP contribution in [0.25, 0.3) is 0 Å². The number of ether oxygens (including phenoxy) is 1. The van der Waals surface area contributed by atoms with Crippen LogP contribution in [0.3, 0.4) is 0 Å². The SMILES string of the molecule is CCCCCCNC(N)=NCC(C)CN1CCOCC1. The highest BCUT2D eigenvalue weighted by atomic mass is 16.5. The summed E-state index contributed by atoms with van der Waals surface area (Å²) in [5.74, 6) is 1.13. The summed E-state index contributed by atoms with van der Waals surface area (Å²) in [6.07, 6.45) is 5.01. The fourth-order valence-electron chi connectivity index (χ4n) is 2.36. The van der Waals surface area contributed by atoms with Crippen LogP contribution in [0, 0.1) is 5.92 Å². The Balaban J connectivity index is 2.07. The van der Waals surface area contributed by atoms with E-state index >= 15 is 0 Å². The van der Waals surface area contributed by atoms with E-state index in [-0.39, 0.29) is 0 Å². The molecule has 1 rings (SSSR count). The summed E-state index contributed by atoms with van der Waals surface area (Å²) in [6.45, 7) is 11.1. The minimum atomic E-state index is 0.536. The highest BCUT2D eigenvalue weighted by Crippen LogP contribution is 2.03. The van der Waals surface area contributed by atoms with Crippen LogP contribution < -0.4 is 11.1 Å². The van der Waals surface area contributed by atoms with Crippen molar-refractivity contribution in [1.82, 2.24) is 10.2 Å². The normalized spacial score (nSPS) is 19.0. The molecule has 1 unspecified atom stereocenters. The molecular formula is C15H32N4O. The Hall–Kier alpha value is -0.810. The molecule has 1 heterocycles. The lowest BCUT2D eigenvalue weighted by atomic mass is 10.1. The largest absolute Gasteiger partial charge is 0.379 e. The van der Waals surface area contributed by atoms with Gasteiger partial charge in [0.15, 0.2) is 5.96 Å². The van der Waals surface area contributed by atoms with Crippen molar-refractivity contribution in [3.05, 3.63) is 0 Å². The number of nitrogens with two attached hydrogens (primary N) is 1. The molecule has 0 saturated carbocycles. The van der Waals surface area contributed by atoms with Gasteiger partial charge in [-0.25, -0.2) is 0 Å². The molecule has 1 fully saturated rings. The van der Waals surface area contributed by atoms with Crippen LogP contribution in [0.15, 0.2) is 4.99 Å². The fraction of sp³-hybridized carbons (Fsp3) is 0.933. The Bertz CT molecular complexity index is 265. The molecule has 1 saturated heterocycles. The van der Waals surface area contributed by atoms with Gasteiger partial charge in [-0.3, -0.25) is 9.89 Å². The van der Waals surface area contributed by atoms with Crippen LogP contribution in [0.4, 0.5) is 0 Å². The molecule has 0 radical (unpaired) electrons. The maximum atomic E-state index is 5.88. The van der Waals surface area contributed by atoms with Gasteiger partial charge in [0, 0.05) is 32.7 Å². The summed E-state index contributed by atoms with van der Waals surface area (Å²) >= 11 is 0. The summed E-state index contributed by atoms with van der Waals surface area (Å²) in [6, 6.07) is 0. The first kappa shape index (κ1) is 17.2. The van der Waals surface area contributed by atoms with Crippen molar-refractivity contribution in [2.24, 2.45) is 16.6 Å². The van der Waals surface area contributed by atoms with Gasteiger partial charge in [-0.1, -0.05) is 33.1 Å². The van der Waals surface area contributed by atoms with E-state index in [2.05, 4.69) is 29.1 Å². The van der Waals surface area contributed by atoms with Crippen LogP contribution in [0.1, 0.15) is 39.5 Å². The lowest BCUT2D eigenvalue weighted by Gasteiger charge is -2.28. The lowest BCUT2D eigenvalue weighted by Crippen LogP contribution is -2.39. The second kappa shape index (κ2) is 10.9. The third-order valence-electron chi connectivity index (χ3n) is 3.58. The van der Waals surface area contributed by atoms with E-state index in [1.54, 1.807) is 0 Å². The Labute approximate surface area is 124 Å². The first-order valence-corrected chi connectivity index (χ1v) is 8.06. The van der Waals surface area contributed by atoms with Crippen LogP contribution >= 0.6 is 0 Å². The smallest absolute Gasteiger partial charge is 0.188 e. The van der Waals surface area contributed by atoms with Crippen molar-refractivity contribution < 1.29 is 4.74 Å². The number of hydrogen-bond acceptors (Lipinski definition) is 3. The molecule has 0 aromatic carbocycles. The number of aliphatic imine (C=N–C) groups is 1. The van der Waals surface area contributed by atoms with Gasteiger partial charge in [-0.15, -0.1) is 0 Å². The first-order chi connectivity index (χ1) is 9.72. The van der Waals surface area contributed by atoms with Crippen LogP contribution in [0.2, 0.25) is 0 Å². The Morgan fingerprint density at radius 2 is 2.05 bits per heavy atom. The molecule has 0 amide bonds. The van der Waals surface area contributed by atoms with E-state index in [0.29, 0.717) is 11.9 Å². The molecule has 0 aromatic heterocycles. The molecule has 1 aliphatic rings. The molecule has 118 valence electrons. The van der Waals surface area contributed by atoms with E-state index in [4.69, 9.17) is 10.5 Å². The van der Waals surface area contributed by atoms with Crippen molar-refractivity contribution in [1.29, 1.82) is 0 Å². The molecule has 0 spiro atoms. The van der Waals surface area contributed by atoms with E-state index in [0.717, 1.165) is 45.9 Å². The Morgan fingerprint density at radius 1 is 1.30 bits per heavy atom. The zero-order chi connectivity index (χ0) is 14.6. The standard InChI is InChI=1S/C15H32N4O/c1-3-4-5-6-7-17-15(16)18-12-14(2)13-19-8-10-20-11-9-19/h14H,3-13H2,1-2H3,(H3,16,17,18). The van der Waals surface area contributed by atoms with Gasteiger partial charge in [-0.2, -0.15) is 0 Å². The maximum absolute atomic E-state index is 5.88. The molecule has 1 atom stereocenters. The monoisotopic (exact) mass is 284 g/mol. The predicted molar refractivity (Wildman–Crippen MR) is 85.1 cm³/mol. The summed E-state index contributed by atoms with van der Waals surface area (Å²) in [7, 11) is 0. The first-order valence-electron chi connectivity index (χ1n) is 8.06. The number of guanidine groups is 1. The van der Waals surface area contributed by atoms with Crippen LogP contribution in [-0.4, -0.2) is 56.8 Å². The number of morpholine rings is 1. The molecule has 0 aliphatic carbocycles. The molecular weight excluding hydrogens is 252 g/mol. The average molecular weight is 284 g/mol. The second-order valence-electron chi connectivity index (χ2n) is 5.73. The quantitative estimate of drug-likeness (QED) is 0.382. The molecule has 0 bridgehead atoms. The third-order valence-corrected chi connectivity index (χ3v) is 3.58. The number of hydrogen-bond donors (Lipinski definition) is 2. The highest BCUT2D eigenvalue weighted by molar-refractivity contribution is 5.77. The number of nitrogens with one attached hydrogen (secondary N) is 1. The fourth-order valence-corrected chi connectivity index (χ4v) is 2.36. The molecule has 5 heteroatoms. The zero-order valence-corrected chi connectivity index (χ0v) is 13.2. The van der Waals surface area contributed by atoms with Crippen molar-refractivity contribution in [3.8, 4) is 0 Å². The lowest BCUT2D eigenvalue weighted by molar-refractivity contribution is 0.0323. The summed E-state index contributed by atoms with van der Waals surface area (Å²) in [5, 5.41) is 3.19. The Morgan fingerprint density at radius 3 is 2.75 bits per heavy atom. The van der Waals surface area contributed by atoms with Crippen molar-refractivity contribution >= 4 is 5.96 Å². The van der Waals surface area contributed by atoms with E-state index in [9.17, 15) is 0 Å². The third kappa shape index (κ3) is 8.38. The predicted octanol–water partition coefficient (Wildman–Crippen LogP) is 1.44. The molecule has 20 heavy (non-hydrogen) atoms. The number of unbranched alkanes of at least 4 members (excludes halogenated alkanes) is 3. The maximum Gasteiger partial charge on any atom is 0.188 e. The topological polar surface area (TPSA) is 62.9 Å². The van der Waals surface area contributed by atoms with Gasteiger partial charge in [0.2, 0.25) is 0 Å². The summed E-state index contributed by atoms with van der Waals surface area (Å²) in [5.41, 5.74) is 5.88. The van der Waals surface area contributed by atoms with Gasteiger partial charge in [0.25, 0.3) is 0 Å². The van der Waals surface area contributed by atoms with Gasteiger partial charge >= 0.3 is 0 Å². The zero-order valence-electron chi connectivity index (χ0n) is 13.2. The van der Waals surface area contributed by atoms with Gasteiger partial charge in [-0.05, 0) is 12.3 Å². The number of nitrogens with zero attached hydrogens (tertiary/aromatic N) is 2.